The average molecular weight is 256 g/mol. The lowest BCUT2D eigenvalue weighted by molar-refractivity contribution is 0.443. The molecule has 2 N–H and O–H groups in total. The number of rotatable bonds is 3. The first-order chi connectivity index (χ1) is 9.24. The van der Waals surface area contributed by atoms with E-state index in [1.165, 1.54) is 19.3 Å². The Bertz CT molecular complexity index is 561. The number of aromatic nitrogens is 3. The van der Waals surface area contributed by atoms with Crippen LogP contribution in [0.5, 0.6) is 0 Å². The van der Waals surface area contributed by atoms with Gasteiger partial charge in [0.05, 0.1) is 18.2 Å². The SMILES string of the molecule is CC1CCC(Cn2cncc2-c2cccnc2N)C1. The lowest BCUT2D eigenvalue weighted by atomic mass is 10.1. The summed E-state index contributed by atoms with van der Waals surface area (Å²) in [5.41, 5.74) is 8.01. The fourth-order valence-corrected chi connectivity index (χ4v) is 3.09. The van der Waals surface area contributed by atoms with Gasteiger partial charge in [-0.3, -0.25) is 0 Å². The summed E-state index contributed by atoms with van der Waals surface area (Å²) >= 11 is 0. The number of nitrogen functional groups attached to an aromatic ring is 1. The highest BCUT2D eigenvalue weighted by Crippen LogP contribution is 2.33. The number of nitrogens with zero attached hydrogens (tertiary/aromatic N) is 3. The molecule has 1 aliphatic carbocycles. The molecule has 2 aromatic heterocycles. The van der Waals surface area contributed by atoms with E-state index in [1.807, 2.05) is 24.7 Å². The van der Waals surface area contributed by atoms with Crippen molar-refractivity contribution in [2.75, 3.05) is 5.73 Å². The number of pyridine rings is 1. The molecule has 19 heavy (non-hydrogen) atoms. The Kier molecular flexibility index (Phi) is 3.23. The molecule has 0 amide bonds. The molecule has 3 rings (SSSR count). The van der Waals surface area contributed by atoms with Crippen LogP contribution >= 0.6 is 0 Å². The third-order valence-corrected chi connectivity index (χ3v) is 4.09. The van der Waals surface area contributed by atoms with E-state index in [4.69, 9.17) is 5.73 Å². The topological polar surface area (TPSA) is 56.7 Å². The van der Waals surface area contributed by atoms with E-state index in [1.54, 1.807) is 6.20 Å². The molecule has 0 aromatic carbocycles. The molecule has 100 valence electrons. The van der Waals surface area contributed by atoms with E-state index in [9.17, 15) is 0 Å². The van der Waals surface area contributed by atoms with Crippen LogP contribution in [0, 0.1) is 11.8 Å². The maximum atomic E-state index is 5.96. The molecule has 0 saturated heterocycles. The molecule has 0 spiro atoms. The maximum Gasteiger partial charge on any atom is 0.132 e. The van der Waals surface area contributed by atoms with Crippen LogP contribution in [-0.2, 0) is 6.54 Å². The largest absolute Gasteiger partial charge is 0.383 e. The first-order valence-electron chi connectivity index (χ1n) is 6.95. The van der Waals surface area contributed by atoms with Gasteiger partial charge < -0.3 is 10.3 Å². The van der Waals surface area contributed by atoms with Gasteiger partial charge >= 0.3 is 0 Å². The molecule has 2 atom stereocenters. The number of nitrogens with two attached hydrogens (primary N) is 1. The first-order valence-corrected chi connectivity index (χ1v) is 6.95. The van der Waals surface area contributed by atoms with Crippen LogP contribution < -0.4 is 5.73 Å². The van der Waals surface area contributed by atoms with Crippen molar-refractivity contribution in [2.24, 2.45) is 11.8 Å². The van der Waals surface area contributed by atoms with Crippen molar-refractivity contribution in [3.05, 3.63) is 30.9 Å². The molecule has 2 unspecified atom stereocenters. The van der Waals surface area contributed by atoms with Crippen LogP contribution in [0.15, 0.2) is 30.9 Å². The summed E-state index contributed by atoms with van der Waals surface area (Å²) in [5, 5.41) is 0. The Morgan fingerprint density at radius 2 is 2.32 bits per heavy atom. The van der Waals surface area contributed by atoms with E-state index >= 15 is 0 Å². The molecular weight excluding hydrogens is 236 g/mol. The predicted octanol–water partition coefficient (Wildman–Crippen LogP) is 2.96. The van der Waals surface area contributed by atoms with E-state index in [0.717, 1.165) is 29.6 Å². The van der Waals surface area contributed by atoms with E-state index in [2.05, 4.69) is 21.5 Å². The molecule has 4 nitrogen and oxygen atoms in total. The molecule has 1 fully saturated rings. The highest BCUT2D eigenvalue weighted by atomic mass is 15.1. The van der Waals surface area contributed by atoms with Crippen LogP contribution in [0.4, 0.5) is 5.82 Å². The van der Waals surface area contributed by atoms with E-state index < -0.39 is 0 Å². The first kappa shape index (κ1) is 12.2. The van der Waals surface area contributed by atoms with Crippen LogP contribution in [0.25, 0.3) is 11.3 Å². The molecule has 2 aromatic rings. The van der Waals surface area contributed by atoms with Crippen molar-refractivity contribution in [2.45, 2.75) is 32.7 Å². The van der Waals surface area contributed by atoms with Gasteiger partial charge in [-0.2, -0.15) is 0 Å². The molecule has 0 aliphatic heterocycles. The minimum absolute atomic E-state index is 0.573. The van der Waals surface area contributed by atoms with Crippen molar-refractivity contribution in [3.8, 4) is 11.3 Å². The van der Waals surface area contributed by atoms with Gasteiger partial charge in [-0.1, -0.05) is 13.3 Å². The molecule has 0 radical (unpaired) electrons. The summed E-state index contributed by atoms with van der Waals surface area (Å²) in [7, 11) is 0. The van der Waals surface area contributed by atoms with Crippen molar-refractivity contribution >= 4 is 5.82 Å². The third kappa shape index (κ3) is 2.48. The summed E-state index contributed by atoms with van der Waals surface area (Å²) in [5.74, 6) is 2.20. The van der Waals surface area contributed by atoms with Gasteiger partial charge in [0.2, 0.25) is 0 Å². The number of imidazole rings is 1. The zero-order valence-electron chi connectivity index (χ0n) is 11.3. The van der Waals surface area contributed by atoms with Crippen LogP contribution in [-0.4, -0.2) is 14.5 Å². The highest BCUT2D eigenvalue weighted by Gasteiger charge is 2.22. The normalized spacial score (nSPS) is 22.8. The number of hydrogen-bond donors (Lipinski definition) is 1. The lowest BCUT2D eigenvalue weighted by Gasteiger charge is -2.14. The van der Waals surface area contributed by atoms with Gasteiger partial charge in [-0.05, 0) is 36.8 Å². The summed E-state index contributed by atoms with van der Waals surface area (Å²) in [6, 6.07) is 3.92. The average Bonchev–Trinajstić information content (AvgIpc) is 3.00. The van der Waals surface area contributed by atoms with E-state index in [0.29, 0.717) is 5.82 Å². The number of hydrogen-bond acceptors (Lipinski definition) is 3. The maximum absolute atomic E-state index is 5.96. The Hall–Kier alpha value is -1.84. The van der Waals surface area contributed by atoms with Gasteiger partial charge in [0.1, 0.15) is 5.82 Å². The zero-order valence-corrected chi connectivity index (χ0v) is 11.3. The molecule has 4 heteroatoms. The summed E-state index contributed by atoms with van der Waals surface area (Å²) < 4.78 is 2.22. The predicted molar refractivity (Wildman–Crippen MR) is 76.4 cm³/mol. The van der Waals surface area contributed by atoms with Crippen molar-refractivity contribution in [1.82, 2.24) is 14.5 Å². The van der Waals surface area contributed by atoms with Crippen LogP contribution in [0.1, 0.15) is 26.2 Å². The van der Waals surface area contributed by atoms with Gasteiger partial charge in [-0.15, -0.1) is 0 Å². The molecular formula is C15H20N4. The Morgan fingerprint density at radius 3 is 3.05 bits per heavy atom. The van der Waals surface area contributed by atoms with Crippen LogP contribution in [0.2, 0.25) is 0 Å². The minimum Gasteiger partial charge on any atom is -0.383 e. The number of anilines is 1. The summed E-state index contributed by atoms with van der Waals surface area (Å²) in [6.45, 7) is 3.38. The van der Waals surface area contributed by atoms with Gasteiger partial charge in [0.25, 0.3) is 0 Å². The second-order valence-corrected chi connectivity index (χ2v) is 5.65. The second-order valence-electron chi connectivity index (χ2n) is 5.65. The van der Waals surface area contributed by atoms with Crippen molar-refractivity contribution < 1.29 is 0 Å². The fourth-order valence-electron chi connectivity index (χ4n) is 3.09. The van der Waals surface area contributed by atoms with Crippen molar-refractivity contribution in [3.63, 3.8) is 0 Å². The minimum atomic E-state index is 0.573. The molecule has 2 heterocycles. The third-order valence-electron chi connectivity index (χ3n) is 4.09. The standard InChI is InChI=1S/C15H20N4/c1-11-4-5-12(7-11)9-19-10-17-8-14(19)13-3-2-6-18-15(13)16/h2-3,6,8,10-12H,4-5,7,9H2,1H3,(H2,16,18). The summed E-state index contributed by atoms with van der Waals surface area (Å²) in [6.07, 6.45) is 9.50. The van der Waals surface area contributed by atoms with Crippen LogP contribution in [0.3, 0.4) is 0 Å². The zero-order chi connectivity index (χ0) is 13.2. The van der Waals surface area contributed by atoms with Gasteiger partial charge in [-0.25, -0.2) is 9.97 Å². The lowest BCUT2D eigenvalue weighted by Crippen LogP contribution is -2.09. The quantitative estimate of drug-likeness (QED) is 0.918. The summed E-state index contributed by atoms with van der Waals surface area (Å²) in [4.78, 5) is 8.44. The molecule has 1 saturated carbocycles. The van der Waals surface area contributed by atoms with Crippen molar-refractivity contribution in [1.29, 1.82) is 0 Å². The van der Waals surface area contributed by atoms with Gasteiger partial charge in [0.15, 0.2) is 0 Å². The monoisotopic (exact) mass is 256 g/mol. The Labute approximate surface area is 113 Å². The molecule has 0 bridgehead atoms. The Morgan fingerprint density at radius 1 is 1.42 bits per heavy atom. The second kappa shape index (κ2) is 5.03. The Balaban J connectivity index is 1.85. The van der Waals surface area contributed by atoms with Gasteiger partial charge in [0, 0.05) is 18.3 Å². The van der Waals surface area contributed by atoms with E-state index in [-0.39, 0.29) is 0 Å². The molecule has 1 aliphatic rings. The highest BCUT2D eigenvalue weighted by molar-refractivity contribution is 5.70. The fraction of sp³-hybridized carbons (Fsp3) is 0.467. The smallest absolute Gasteiger partial charge is 0.132 e.